The number of rotatable bonds is 5. The van der Waals surface area contributed by atoms with Gasteiger partial charge in [-0.3, -0.25) is 19.8 Å². The first-order valence-electron chi connectivity index (χ1n) is 8.92. The van der Waals surface area contributed by atoms with Crippen LogP contribution in [-0.4, -0.2) is 35.3 Å². The Balaban J connectivity index is 1.61. The number of imide groups is 2. The second-order valence-corrected chi connectivity index (χ2v) is 7.61. The van der Waals surface area contributed by atoms with E-state index < -0.39 is 36.0 Å². The van der Waals surface area contributed by atoms with Crippen LogP contribution in [0.2, 0.25) is 10.0 Å². The zero-order valence-corrected chi connectivity index (χ0v) is 17.4. The van der Waals surface area contributed by atoms with Gasteiger partial charge in [0, 0.05) is 6.54 Å². The van der Waals surface area contributed by atoms with Gasteiger partial charge in [0.1, 0.15) is 12.1 Å². The van der Waals surface area contributed by atoms with Crippen molar-refractivity contribution in [3.05, 3.63) is 69.7 Å². The molecule has 8 nitrogen and oxygen atoms in total. The normalized spacial score (nSPS) is 18.2. The Morgan fingerprint density at radius 3 is 2.43 bits per heavy atom. The van der Waals surface area contributed by atoms with Gasteiger partial charge in [-0.2, -0.15) is 0 Å². The molecule has 30 heavy (non-hydrogen) atoms. The van der Waals surface area contributed by atoms with E-state index in [4.69, 9.17) is 23.2 Å². The van der Waals surface area contributed by atoms with Crippen molar-refractivity contribution in [3.63, 3.8) is 0 Å². The third-order valence-electron chi connectivity index (χ3n) is 4.62. The molecule has 0 bridgehead atoms. The lowest BCUT2D eigenvalue weighted by molar-refractivity contribution is -0.134. The average Bonchev–Trinajstić information content (AvgIpc) is 2.93. The molecule has 1 heterocycles. The van der Waals surface area contributed by atoms with Gasteiger partial charge in [-0.05, 0) is 30.2 Å². The summed E-state index contributed by atoms with van der Waals surface area (Å²) in [5.41, 5.74) is -0.147. The lowest BCUT2D eigenvalue weighted by Gasteiger charge is -2.22. The molecule has 6 amide bonds. The van der Waals surface area contributed by atoms with Gasteiger partial charge in [-0.25, -0.2) is 9.59 Å². The van der Waals surface area contributed by atoms with Gasteiger partial charge in [-0.1, -0.05) is 59.6 Å². The monoisotopic (exact) mass is 448 g/mol. The van der Waals surface area contributed by atoms with Gasteiger partial charge in [0.15, 0.2) is 0 Å². The first kappa shape index (κ1) is 21.6. The summed E-state index contributed by atoms with van der Waals surface area (Å²) in [5.74, 6) is -1.45. The highest BCUT2D eigenvalue weighted by atomic mass is 35.5. The summed E-state index contributed by atoms with van der Waals surface area (Å²) in [5, 5.41) is 7.71. The Morgan fingerprint density at radius 2 is 1.77 bits per heavy atom. The van der Waals surface area contributed by atoms with E-state index in [2.05, 4.69) is 16.0 Å². The Kier molecular flexibility index (Phi) is 6.28. The number of carbonyl (C=O) groups excluding carboxylic acids is 4. The standard InChI is InChI=1S/C20H18Cl2N4O4/c1-20(13-7-8-14(21)15(22)9-13)17(28)26(19(30)25-20)11-16(27)24-18(29)23-10-12-5-3-2-4-6-12/h2-9H,10-11H2,1H3,(H,25,30)(H2,23,24,27,29)/t20-/m0/s1. The Morgan fingerprint density at radius 1 is 1.07 bits per heavy atom. The van der Waals surface area contributed by atoms with Crippen molar-refractivity contribution < 1.29 is 19.2 Å². The van der Waals surface area contributed by atoms with Gasteiger partial charge in [-0.15, -0.1) is 0 Å². The predicted octanol–water partition coefficient (Wildman–Crippen LogP) is 2.79. The third-order valence-corrected chi connectivity index (χ3v) is 5.36. The molecule has 156 valence electrons. The molecule has 0 radical (unpaired) electrons. The number of hydrogen-bond donors (Lipinski definition) is 3. The molecule has 1 aliphatic rings. The second-order valence-electron chi connectivity index (χ2n) is 6.79. The van der Waals surface area contributed by atoms with Crippen LogP contribution in [0.5, 0.6) is 0 Å². The number of halogens is 2. The van der Waals surface area contributed by atoms with E-state index in [1.165, 1.54) is 19.1 Å². The number of nitrogens with zero attached hydrogens (tertiary/aromatic N) is 1. The van der Waals surface area contributed by atoms with E-state index in [1.54, 1.807) is 6.07 Å². The van der Waals surface area contributed by atoms with Crippen molar-refractivity contribution in [1.82, 2.24) is 20.9 Å². The lowest BCUT2D eigenvalue weighted by Crippen LogP contribution is -2.46. The molecule has 2 aromatic carbocycles. The largest absolute Gasteiger partial charge is 0.334 e. The number of benzene rings is 2. The minimum Gasteiger partial charge on any atom is -0.334 e. The molecular weight excluding hydrogens is 431 g/mol. The van der Waals surface area contributed by atoms with Crippen molar-refractivity contribution >= 4 is 47.1 Å². The smallest absolute Gasteiger partial charge is 0.325 e. The molecule has 1 atom stereocenters. The summed E-state index contributed by atoms with van der Waals surface area (Å²) in [7, 11) is 0. The summed E-state index contributed by atoms with van der Waals surface area (Å²) in [6.07, 6.45) is 0. The Labute approximate surface area is 182 Å². The highest BCUT2D eigenvalue weighted by Crippen LogP contribution is 2.32. The van der Waals surface area contributed by atoms with Crippen LogP contribution in [0.15, 0.2) is 48.5 Å². The van der Waals surface area contributed by atoms with Gasteiger partial charge >= 0.3 is 12.1 Å². The van der Waals surface area contributed by atoms with Crippen LogP contribution in [0.25, 0.3) is 0 Å². The predicted molar refractivity (Wildman–Crippen MR) is 111 cm³/mol. The minimum atomic E-state index is -1.42. The van der Waals surface area contributed by atoms with Gasteiger partial charge in [0.05, 0.1) is 10.0 Å². The highest BCUT2D eigenvalue weighted by Gasteiger charge is 2.49. The van der Waals surface area contributed by atoms with Crippen LogP contribution in [0.3, 0.4) is 0 Å². The average molecular weight is 449 g/mol. The van der Waals surface area contributed by atoms with Gasteiger partial charge < -0.3 is 10.6 Å². The SMILES string of the molecule is C[C@@]1(c2ccc(Cl)c(Cl)c2)NC(=O)N(CC(=O)NC(=O)NCc2ccccc2)C1=O. The molecular formula is C20H18Cl2N4O4. The van der Waals surface area contributed by atoms with Crippen molar-refractivity contribution in [1.29, 1.82) is 0 Å². The van der Waals surface area contributed by atoms with E-state index >= 15 is 0 Å². The molecule has 0 aliphatic carbocycles. The molecule has 0 aromatic heterocycles. The van der Waals surface area contributed by atoms with Crippen molar-refractivity contribution in [2.45, 2.75) is 19.0 Å². The number of hydrogen-bond acceptors (Lipinski definition) is 4. The molecule has 0 saturated carbocycles. The first-order valence-corrected chi connectivity index (χ1v) is 9.67. The summed E-state index contributed by atoms with van der Waals surface area (Å²) in [4.78, 5) is 50.0. The van der Waals surface area contributed by atoms with E-state index in [0.717, 1.165) is 10.5 Å². The first-order chi connectivity index (χ1) is 14.2. The molecule has 0 unspecified atom stereocenters. The van der Waals surface area contributed by atoms with Crippen molar-refractivity contribution in [2.24, 2.45) is 0 Å². The number of urea groups is 2. The van der Waals surface area contributed by atoms with Crippen molar-refractivity contribution in [2.75, 3.05) is 6.54 Å². The van der Waals surface area contributed by atoms with Crippen LogP contribution in [0, 0.1) is 0 Å². The van der Waals surface area contributed by atoms with Gasteiger partial charge in [0.25, 0.3) is 5.91 Å². The molecule has 10 heteroatoms. The van der Waals surface area contributed by atoms with E-state index in [9.17, 15) is 19.2 Å². The minimum absolute atomic E-state index is 0.221. The Bertz CT molecular complexity index is 1020. The van der Waals surface area contributed by atoms with Gasteiger partial charge in [0.2, 0.25) is 5.91 Å². The Hall–Kier alpha value is -3.10. The highest BCUT2D eigenvalue weighted by molar-refractivity contribution is 6.42. The molecule has 2 aromatic rings. The van der Waals surface area contributed by atoms with Crippen molar-refractivity contribution in [3.8, 4) is 0 Å². The summed E-state index contributed by atoms with van der Waals surface area (Å²) >= 11 is 11.9. The van der Waals surface area contributed by atoms with Crippen LogP contribution < -0.4 is 16.0 Å². The van der Waals surface area contributed by atoms with Crippen LogP contribution in [0.1, 0.15) is 18.1 Å². The molecule has 1 saturated heterocycles. The summed E-state index contributed by atoms with van der Waals surface area (Å²) in [6, 6.07) is 12.2. The fourth-order valence-corrected chi connectivity index (χ4v) is 3.27. The molecule has 3 N–H and O–H groups in total. The maximum absolute atomic E-state index is 12.9. The summed E-state index contributed by atoms with van der Waals surface area (Å²) < 4.78 is 0. The zero-order valence-electron chi connectivity index (χ0n) is 15.9. The maximum Gasteiger partial charge on any atom is 0.325 e. The lowest BCUT2D eigenvalue weighted by atomic mass is 9.92. The molecule has 0 spiro atoms. The quantitative estimate of drug-likeness (QED) is 0.611. The van der Waals surface area contributed by atoms with Crippen LogP contribution in [-0.2, 0) is 21.7 Å². The van der Waals surface area contributed by atoms with E-state index in [0.29, 0.717) is 10.6 Å². The molecule has 1 fully saturated rings. The number of carbonyl (C=O) groups is 4. The number of amides is 6. The fourth-order valence-electron chi connectivity index (χ4n) is 2.98. The summed E-state index contributed by atoms with van der Waals surface area (Å²) in [6.45, 7) is 1.11. The maximum atomic E-state index is 12.9. The molecule has 1 aliphatic heterocycles. The topological polar surface area (TPSA) is 108 Å². The third kappa shape index (κ3) is 4.55. The van der Waals surface area contributed by atoms with E-state index in [1.807, 2.05) is 30.3 Å². The zero-order chi connectivity index (χ0) is 21.9. The van der Waals surface area contributed by atoms with Crippen LogP contribution in [0.4, 0.5) is 9.59 Å². The molecule has 3 rings (SSSR count). The second kappa shape index (κ2) is 8.73. The number of nitrogens with one attached hydrogen (secondary N) is 3. The van der Waals surface area contributed by atoms with E-state index in [-0.39, 0.29) is 11.6 Å². The fraction of sp³-hybridized carbons (Fsp3) is 0.200. The van der Waals surface area contributed by atoms with Crippen LogP contribution >= 0.6 is 23.2 Å².